The number of aliphatic hydroxyl groups is 1. The molecular weight excluding hydrogens is 248 g/mol. The quantitative estimate of drug-likeness (QED) is 0.689. The number of nitrogens with two attached hydrogens (primary N) is 1. The average molecular weight is 268 g/mol. The molecule has 0 aliphatic heterocycles. The summed E-state index contributed by atoms with van der Waals surface area (Å²) in [7, 11) is 2.01. The van der Waals surface area contributed by atoms with Crippen molar-refractivity contribution in [2.24, 2.45) is 5.73 Å². The van der Waals surface area contributed by atoms with Crippen LogP contribution in [0.1, 0.15) is 12.0 Å². The molecule has 0 bridgehead atoms. The molecule has 0 aromatic heterocycles. The van der Waals surface area contributed by atoms with E-state index in [-0.39, 0.29) is 6.61 Å². The summed E-state index contributed by atoms with van der Waals surface area (Å²) in [5, 5.41) is 8.71. The molecule has 0 radical (unpaired) electrons. The number of nitrogens with zero attached hydrogens (tertiary/aromatic N) is 1. The first-order valence-corrected chi connectivity index (χ1v) is 6.36. The SMILES string of the molecule is CN(CCCO)CCOc1ccc(C(N)=S)cc1. The summed E-state index contributed by atoms with van der Waals surface area (Å²) in [5.41, 5.74) is 6.36. The van der Waals surface area contributed by atoms with Gasteiger partial charge in [0.25, 0.3) is 0 Å². The summed E-state index contributed by atoms with van der Waals surface area (Å²) in [5.74, 6) is 0.811. The zero-order chi connectivity index (χ0) is 13.4. The van der Waals surface area contributed by atoms with Crippen molar-refractivity contribution in [1.82, 2.24) is 4.90 Å². The summed E-state index contributed by atoms with van der Waals surface area (Å²) in [6.45, 7) is 2.55. The highest BCUT2D eigenvalue weighted by Crippen LogP contribution is 2.11. The van der Waals surface area contributed by atoms with Gasteiger partial charge in [0.1, 0.15) is 17.3 Å². The van der Waals surface area contributed by atoms with Crippen LogP contribution in [0, 0.1) is 0 Å². The molecule has 0 aliphatic rings. The monoisotopic (exact) mass is 268 g/mol. The topological polar surface area (TPSA) is 58.7 Å². The number of aliphatic hydroxyl groups excluding tert-OH is 1. The van der Waals surface area contributed by atoms with E-state index in [1.807, 2.05) is 31.3 Å². The van der Waals surface area contributed by atoms with Crippen LogP contribution in [-0.2, 0) is 0 Å². The zero-order valence-corrected chi connectivity index (χ0v) is 11.4. The molecule has 1 aromatic rings. The van der Waals surface area contributed by atoms with E-state index in [1.165, 1.54) is 0 Å². The largest absolute Gasteiger partial charge is 0.492 e. The minimum absolute atomic E-state index is 0.228. The van der Waals surface area contributed by atoms with Gasteiger partial charge in [-0.15, -0.1) is 0 Å². The van der Waals surface area contributed by atoms with E-state index >= 15 is 0 Å². The molecule has 1 aromatic carbocycles. The molecule has 0 heterocycles. The summed E-state index contributed by atoms with van der Waals surface area (Å²) < 4.78 is 5.60. The molecule has 3 N–H and O–H groups in total. The summed E-state index contributed by atoms with van der Waals surface area (Å²) in [6.07, 6.45) is 0.791. The van der Waals surface area contributed by atoms with Gasteiger partial charge in [0.05, 0.1) is 0 Å². The summed E-state index contributed by atoms with van der Waals surface area (Å²) in [6, 6.07) is 7.44. The van der Waals surface area contributed by atoms with Gasteiger partial charge >= 0.3 is 0 Å². The van der Waals surface area contributed by atoms with Gasteiger partial charge < -0.3 is 20.5 Å². The van der Waals surface area contributed by atoms with Crippen molar-refractivity contribution in [3.8, 4) is 5.75 Å². The van der Waals surface area contributed by atoms with Crippen LogP contribution >= 0.6 is 12.2 Å². The van der Waals surface area contributed by atoms with Crippen LogP contribution in [0.5, 0.6) is 5.75 Å². The highest BCUT2D eigenvalue weighted by molar-refractivity contribution is 7.80. The molecule has 18 heavy (non-hydrogen) atoms. The highest BCUT2D eigenvalue weighted by atomic mass is 32.1. The molecule has 5 heteroatoms. The van der Waals surface area contributed by atoms with Crippen LogP contribution in [0.15, 0.2) is 24.3 Å². The van der Waals surface area contributed by atoms with Crippen molar-refractivity contribution in [3.05, 3.63) is 29.8 Å². The van der Waals surface area contributed by atoms with Crippen LogP contribution in [0.25, 0.3) is 0 Å². The number of hydrogen-bond acceptors (Lipinski definition) is 4. The van der Waals surface area contributed by atoms with Crippen LogP contribution in [0.3, 0.4) is 0 Å². The lowest BCUT2D eigenvalue weighted by molar-refractivity contribution is 0.213. The van der Waals surface area contributed by atoms with Gasteiger partial charge in [-0.1, -0.05) is 12.2 Å². The lowest BCUT2D eigenvalue weighted by Gasteiger charge is -2.16. The second-order valence-corrected chi connectivity index (χ2v) is 4.56. The van der Waals surface area contributed by atoms with E-state index in [0.29, 0.717) is 11.6 Å². The third kappa shape index (κ3) is 5.44. The van der Waals surface area contributed by atoms with Gasteiger partial charge in [-0.05, 0) is 37.7 Å². The summed E-state index contributed by atoms with van der Waals surface area (Å²) >= 11 is 4.88. The lowest BCUT2D eigenvalue weighted by Crippen LogP contribution is -2.25. The van der Waals surface area contributed by atoms with Gasteiger partial charge in [0.15, 0.2) is 0 Å². The molecule has 0 unspecified atom stereocenters. The first-order chi connectivity index (χ1) is 8.63. The number of thiocarbonyl (C=S) groups is 1. The Kier molecular flexibility index (Phi) is 6.64. The van der Waals surface area contributed by atoms with E-state index in [4.69, 9.17) is 27.8 Å². The Labute approximate surface area is 113 Å². The van der Waals surface area contributed by atoms with Gasteiger partial charge in [-0.25, -0.2) is 0 Å². The average Bonchev–Trinajstić information content (AvgIpc) is 2.37. The maximum absolute atomic E-state index is 8.71. The Morgan fingerprint density at radius 2 is 2.00 bits per heavy atom. The van der Waals surface area contributed by atoms with Crippen molar-refractivity contribution < 1.29 is 9.84 Å². The minimum atomic E-state index is 0.228. The van der Waals surface area contributed by atoms with Gasteiger partial charge in [0.2, 0.25) is 0 Å². The maximum Gasteiger partial charge on any atom is 0.119 e. The second kappa shape index (κ2) is 8.02. The number of ether oxygens (including phenoxy) is 1. The Morgan fingerprint density at radius 1 is 1.33 bits per heavy atom. The Hall–Kier alpha value is -1.17. The molecule has 0 amide bonds. The van der Waals surface area contributed by atoms with Crippen molar-refractivity contribution in [3.63, 3.8) is 0 Å². The number of hydrogen-bond donors (Lipinski definition) is 2. The number of likely N-dealkylation sites (N-methyl/N-ethyl adjacent to an activating group) is 1. The Bertz CT molecular complexity index is 368. The first-order valence-electron chi connectivity index (χ1n) is 5.95. The minimum Gasteiger partial charge on any atom is -0.492 e. The lowest BCUT2D eigenvalue weighted by atomic mass is 10.2. The van der Waals surface area contributed by atoms with Crippen LogP contribution < -0.4 is 10.5 Å². The van der Waals surface area contributed by atoms with Crippen LogP contribution in [0.4, 0.5) is 0 Å². The normalized spacial score (nSPS) is 10.6. The fourth-order valence-electron chi connectivity index (χ4n) is 1.49. The van der Waals surface area contributed by atoms with E-state index in [9.17, 15) is 0 Å². The van der Waals surface area contributed by atoms with Gasteiger partial charge in [-0.2, -0.15) is 0 Å². The maximum atomic E-state index is 8.71. The molecule has 0 saturated heterocycles. The molecule has 1 rings (SSSR count). The molecule has 0 saturated carbocycles. The third-order valence-corrected chi connectivity index (χ3v) is 2.81. The van der Waals surface area contributed by atoms with Crippen molar-refractivity contribution in [2.45, 2.75) is 6.42 Å². The van der Waals surface area contributed by atoms with Crippen molar-refractivity contribution in [1.29, 1.82) is 0 Å². The Morgan fingerprint density at radius 3 is 2.56 bits per heavy atom. The molecule has 4 nitrogen and oxygen atoms in total. The summed E-state index contributed by atoms with van der Waals surface area (Å²) in [4.78, 5) is 2.52. The van der Waals surface area contributed by atoms with E-state index in [1.54, 1.807) is 0 Å². The third-order valence-electron chi connectivity index (χ3n) is 2.58. The predicted molar refractivity (Wildman–Crippen MR) is 77.0 cm³/mol. The highest BCUT2D eigenvalue weighted by Gasteiger charge is 2.00. The van der Waals surface area contributed by atoms with Gasteiger partial charge in [-0.3, -0.25) is 0 Å². The molecular formula is C13H20N2O2S. The van der Waals surface area contributed by atoms with Crippen LogP contribution in [0.2, 0.25) is 0 Å². The number of rotatable bonds is 8. The van der Waals surface area contributed by atoms with Gasteiger partial charge in [0, 0.05) is 25.3 Å². The fourth-order valence-corrected chi connectivity index (χ4v) is 1.62. The van der Waals surface area contributed by atoms with Crippen LogP contribution in [-0.4, -0.2) is 48.3 Å². The molecule has 0 aliphatic carbocycles. The number of benzene rings is 1. The Balaban J connectivity index is 2.29. The van der Waals surface area contributed by atoms with Crippen molar-refractivity contribution in [2.75, 3.05) is 33.4 Å². The molecule has 0 fully saturated rings. The van der Waals surface area contributed by atoms with E-state index in [0.717, 1.165) is 30.8 Å². The molecule has 0 spiro atoms. The fraction of sp³-hybridized carbons (Fsp3) is 0.462. The second-order valence-electron chi connectivity index (χ2n) is 4.12. The van der Waals surface area contributed by atoms with Crippen molar-refractivity contribution >= 4 is 17.2 Å². The molecule has 0 atom stereocenters. The van der Waals surface area contributed by atoms with E-state index in [2.05, 4.69) is 4.90 Å². The molecule has 100 valence electrons. The first kappa shape index (κ1) is 14.9. The smallest absolute Gasteiger partial charge is 0.119 e. The predicted octanol–water partition coefficient (Wildman–Crippen LogP) is 1.01. The van der Waals surface area contributed by atoms with E-state index < -0.39 is 0 Å². The standard InChI is InChI=1S/C13H20N2O2S/c1-15(7-2-9-16)8-10-17-12-5-3-11(4-6-12)13(14)18/h3-6,16H,2,7-10H2,1H3,(H2,14,18). The zero-order valence-electron chi connectivity index (χ0n) is 10.6.